The Kier molecular flexibility index (Phi) is 8.16. The van der Waals surface area contributed by atoms with E-state index in [-0.39, 0.29) is 0 Å². The molecule has 0 N–H and O–H groups in total. The highest BCUT2D eigenvalue weighted by Gasteiger charge is 2.14. The van der Waals surface area contributed by atoms with Gasteiger partial charge in [0, 0.05) is 27.8 Å². The van der Waals surface area contributed by atoms with Crippen LogP contribution >= 0.6 is 0 Å². The van der Waals surface area contributed by atoms with Gasteiger partial charge in [-0.05, 0) is 51.2 Å². The Bertz CT molecular complexity index is 2590. The lowest BCUT2D eigenvalue weighted by molar-refractivity contribution is 1.07. The van der Waals surface area contributed by atoms with Gasteiger partial charge in [0.2, 0.25) is 0 Å². The van der Waals surface area contributed by atoms with Crippen molar-refractivity contribution < 1.29 is 0 Å². The summed E-state index contributed by atoms with van der Waals surface area (Å²) in [5.41, 5.74) is 11.3. The maximum atomic E-state index is 5.18. The summed E-state index contributed by atoms with van der Waals surface area (Å²) in [7, 11) is 0. The third-order valence-electron chi connectivity index (χ3n) is 9.33. The van der Waals surface area contributed by atoms with E-state index in [0.29, 0.717) is 17.5 Å². The van der Waals surface area contributed by atoms with Crippen molar-refractivity contribution in [3.63, 3.8) is 0 Å². The first-order valence-corrected chi connectivity index (χ1v) is 17.4. The van der Waals surface area contributed by atoms with Crippen molar-refractivity contribution in [2.75, 3.05) is 0 Å². The minimum absolute atomic E-state index is 0.633. The molecule has 2 heterocycles. The average molecular weight is 665 g/mol. The van der Waals surface area contributed by atoms with E-state index in [1.54, 1.807) is 0 Å². The summed E-state index contributed by atoms with van der Waals surface area (Å²) in [6, 6.07) is 67.0. The highest BCUT2D eigenvalue weighted by molar-refractivity contribution is 5.97. The van der Waals surface area contributed by atoms with E-state index in [1.165, 1.54) is 16.3 Å². The second-order valence-electron chi connectivity index (χ2n) is 12.7. The van der Waals surface area contributed by atoms with Crippen molar-refractivity contribution in [1.82, 2.24) is 19.9 Å². The predicted octanol–water partition coefficient (Wildman–Crippen LogP) is 12.1. The number of fused-ring (bicyclic) bond motifs is 1. The monoisotopic (exact) mass is 664 g/mol. The molecule has 0 fully saturated rings. The second-order valence-corrected chi connectivity index (χ2v) is 12.7. The number of hydrogen-bond donors (Lipinski definition) is 0. The summed E-state index contributed by atoms with van der Waals surface area (Å²) in [4.78, 5) is 19.9. The zero-order valence-electron chi connectivity index (χ0n) is 28.3. The number of hydrogen-bond acceptors (Lipinski definition) is 4. The topological polar surface area (TPSA) is 51.6 Å². The van der Waals surface area contributed by atoms with Gasteiger partial charge in [0.25, 0.3) is 0 Å². The summed E-state index contributed by atoms with van der Waals surface area (Å²) in [6.45, 7) is 0. The summed E-state index contributed by atoms with van der Waals surface area (Å²) in [5.74, 6) is 1.92. The summed E-state index contributed by atoms with van der Waals surface area (Å²) < 4.78 is 0. The fraction of sp³-hybridized carbons (Fsp3) is 0. The lowest BCUT2D eigenvalue weighted by Crippen LogP contribution is -2.00. The minimum atomic E-state index is 0.633. The molecule has 0 unspecified atom stereocenters. The van der Waals surface area contributed by atoms with Gasteiger partial charge in [0.15, 0.2) is 17.5 Å². The molecule has 244 valence electrons. The van der Waals surface area contributed by atoms with Gasteiger partial charge in [-0.25, -0.2) is 19.9 Å². The first-order valence-electron chi connectivity index (χ1n) is 17.4. The van der Waals surface area contributed by atoms with Gasteiger partial charge in [-0.3, -0.25) is 0 Å². The van der Waals surface area contributed by atoms with Crippen LogP contribution in [-0.4, -0.2) is 19.9 Å². The zero-order valence-corrected chi connectivity index (χ0v) is 28.3. The average Bonchev–Trinajstić information content (AvgIpc) is 3.24. The molecule has 9 aromatic rings. The van der Waals surface area contributed by atoms with Gasteiger partial charge in [0.1, 0.15) is 0 Å². The van der Waals surface area contributed by atoms with Crippen LogP contribution in [0.1, 0.15) is 0 Å². The minimum Gasteiger partial charge on any atom is -0.248 e. The fourth-order valence-corrected chi connectivity index (χ4v) is 6.68. The molecule has 7 aromatic carbocycles. The largest absolute Gasteiger partial charge is 0.248 e. The van der Waals surface area contributed by atoms with Crippen LogP contribution in [0.5, 0.6) is 0 Å². The quantitative estimate of drug-likeness (QED) is 0.170. The van der Waals surface area contributed by atoms with Crippen molar-refractivity contribution in [2.45, 2.75) is 0 Å². The molecule has 0 spiro atoms. The summed E-state index contributed by atoms with van der Waals surface area (Å²) >= 11 is 0. The maximum absolute atomic E-state index is 5.18. The molecule has 9 rings (SSSR count). The SMILES string of the molecule is c1ccc(-c2cc(-c3cccc4ccccc34)cc(-c3ccc(-c4cccc(-c5nc(-c6ccccc6)nc(-c6ccccc6)n5)c4)cc3)n2)cc1. The van der Waals surface area contributed by atoms with Crippen LogP contribution in [0.2, 0.25) is 0 Å². The molecule has 0 aliphatic heterocycles. The van der Waals surface area contributed by atoms with Crippen LogP contribution in [0.25, 0.3) is 89.7 Å². The highest BCUT2D eigenvalue weighted by Crippen LogP contribution is 2.35. The lowest BCUT2D eigenvalue weighted by Gasteiger charge is -2.13. The molecule has 2 aromatic heterocycles. The molecular formula is C48H32N4. The Balaban J connectivity index is 1.09. The Labute approximate surface area is 302 Å². The number of pyridine rings is 1. The van der Waals surface area contributed by atoms with Crippen LogP contribution in [0, 0.1) is 0 Å². The standard InChI is InChI=1S/C48H32N4/c1-4-15-35(16-5-1)44-31-41(43-25-13-21-34-14-10-11-24-42(34)43)32-45(49-44)36-28-26-33(27-29-36)39-22-12-23-40(30-39)48-51-46(37-17-6-2-7-18-37)50-47(52-48)38-19-8-3-9-20-38/h1-32H. The molecule has 0 saturated carbocycles. The number of rotatable bonds is 7. The molecule has 0 bridgehead atoms. The van der Waals surface area contributed by atoms with Crippen molar-refractivity contribution >= 4 is 10.8 Å². The van der Waals surface area contributed by atoms with E-state index in [9.17, 15) is 0 Å². The van der Waals surface area contributed by atoms with Crippen molar-refractivity contribution in [2.24, 2.45) is 0 Å². The summed E-state index contributed by atoms with van der Waals surface area (Å²) in [6.07, 6.45) is 0. The molecule has 0 aliphatic carbocycles. The molecule has 4 heteroatoms. The molecule has 4 nitrogen and oxygen atoms in total. The zero-order chi connectivity index (χ0) is 34.7. The molecule has 0 radical (unpaired) electrons. The lowest BCUT2D eigenvalue weighted by atomic mass is 9.95. The fourth-order valence-electron chi connectivity index (χ4n) is 6.68. The summed E-state index contributed by atoms with van der Waals surface area (Å²) in [5, 5.41) is 2.44. The van der Waals surface area contributed by atoms with E-state index >= 15 is 0 Å². The molecule has 0 saturated heterocycles. The van der Waals surface area contributed by atoms with E-state index < -0.39 is 0 Å². The smallest absolute Gasteiger partial charge is 0.164 e. The Hall–Kier alpha value is -7.04. The van der Waals surface area contributed by atoms with Gasteiger partial charge < -0.3 is 0 Å². The molecule has 0 amide bonds. The first-order chi connectivity index (χ1) is 25.7. The Morgan fingerprint density at radius 1 is 0.250 bits per heavy atom. The Morgan fingerprint density at radius 3 is 1.33 bits per heavy atom. The van der Waals surface area contributed by atoms with Gasteiger partial charge in [0.05, 0.1) is 11.4 Å². The van der Waals surface area contributed by atoms with Crippen molar-refractivity contribution in [3.05, 3.63) is 194 Å². The molecule has 0 atom stereocenters. The van der Waals surface area contributed by atoms with E-state index in [4.69, 9.17) is 19.9 Å². The van der Waals surface area contributed by atoms with Gasteiger partial charge in [-0.1, -0.05) is 176 Å². The molecule has 52 heavy (non-hydrogen) atoms. The van der Waals surface area contributed by atoms with Crippen molar-refractivity contribution in [3.8, 4) is 78.9 Å². The molecular weight excluding hydrogens is 633 g/mol. The predicted molar refractivity (Wildman–Crippen MR) is 213 cm³/mol. The number of nitrogens with zero attached hydrogens (tertiary/aromatic N) is 4. The van der Waals surface area contributed by atoms with E-state index in [0.717, 1.165) is 55.9 Å². The first kappa shape index (κ1) is 31.0. The second kappa shape index (κ2) is 13.7. The highest BCUT2D eigenvalue weighted by atomic mass is 15.0. The van der Waals surface area contributed by atoms with Crippen LogP contribution in [0.15, 0.2) is 194 Å². The molecule has 0 aliphatic rings. The van der Waals surface area contributed by atoms with Crippen LogP contribution in [-0.2, 0) is 0 Å². The normalized spacial score (nSPS) is 11.1. The van der Waals surface area contributed by atoms with Crippen LogP contribution in [0.3, 0.4) is 0 Å². The Morgan fingerprint density at radius 2 is 0.692 bits per heavy atom. The van der Waals surface area contributed by atoms with E-state index in [2.05, 4.69) is 127 Å². The van der Waals surface area contributed by atoms with E-state index in [1.807, 2.05) is 66.7 Å². The van der Waals surface area contributed by atoms with Gasteiger partial charge in [-0.15, -0.1) is 0 Å². The number of benzene rings is 7. The van der Waals surface area contributed by atoms with Crippen LogP contribution < -0.4 is 0 Å². The number of aromatic nitrogens is 4. The van der Waals surface area contributed by atoms with Crippen LogP contribution in [0.4, 0.5) is 0 Å². The maximum Gasteiger partial charge on any atom is 0.164 e. The van der Waals surface area contributed by atoms with Gasteiger partial charge in [-0.2, -0.15) is 0 Å². The van der Waals surface area contributed by atoms with Gasteiger partial charge >= 0.3 is 0 Å². The third kappa shape index (κ3) is 6.26. The third-order valence-corrected chi connectivity index (χ3v) is 9.33. The van der Waals surface area contributed by atoms with Crippen molar-refractivity contribution in [1.29, 1.82) is 0 Å².